The van der Waals surface area contributed by atoms with Crippen LogP contribution in [0.1, 0.15) is 13.3 Å². The molecule has 0 bridgehead atoms. The van der Waals surface area contributed by atoms with Crippen LogP contribution in [0.3, 0.4) is 0 Å². The van der Waals surface area contributed by atoms with E-state index in [1.165, 1.54) is 21.6 Å². The minimum atomic E-state index is -0.982. The van der Waals surface area contributed by atoms with Crippen molar-refractivity contribution in [2.24, 2.45) is 0 Å². The number of thioether (sulfide) groups is 1. The summed E-state index contributed by atoms with van der Waals surface area (Å²) in [5.74, 6) is -0.175. The van der Waals surface area contributed by atoms with Crippen molar-refractivity contribution in [3.8, 4) is 6.07 Å². The van der Waals surface area contributed by atoms with Crippen LogP contribution in [0.25, 0.3) is 0 Å². The predicted octanol–water partition coefficient (Wildman–Crippen LogP) is 0.800. The van der Waals surface area contributed by atoms with E-state index in [1.54, 1.807) is 14.0 Å². The summed E-state index contributed by atoms with van der Waals surface area (Å²) in [5.41, 5.74) is 0. The van der Waals surface area contributed by atoms with Gasteiger partial charge in [-0.3, -0.25) is 0 Å². The zero-order chi connectivity index (χ0) is 13.0. The second-order valence-corrected chi connectivity index (χ2v) is 4.93. The van der Waals surface area contributed by atoms with Crippen molar-refractivity contribution >= 4 is 23.8 Å². The molecule has 0 aliphatic carbocycles. The highest BCUT2D eigenvalue weighted by Gasteiger charge is 2.36. The van der Waals surface area contributed by atoms with Crippen molar-refractivity contribution in [1.29, 1.82) is 5.26 Å². The maximum Gasteiger partial charge on any atom is 0.327 e. The monoisotopic (exact) mass is 257 g/mol. The van der Waals surface area contributed by atoms with Gasteiger partial charge in [-0.05, 0) is 6.92 Å². The molecule has 2 atom stereocenters. The average Bonchev–Trinajstić information content (AvgIpc) is 2.76. The normalized spacial score (nSPS) is 20.8. The molecule has 0 aromatic heterocycles. The molecule has 0 saturated carbocycles. The molecule has 0 aromatic carbocycles. The molecule has 6 nitrogen and oxygen atoms in total. The quantitative estimate of drug-likeness (QED) is 0.808. The van der Waals surface area contributed by atoms with Crippen molar-refractivity contribution in [2.75, 3.05) is 18.7 Å². The molecule has 1 heterocycles. The van der Waals surface area contributed by atoms with Crippen molar-refractivity contribution in [3.05, 3.63) is 0 Å². The van der Waals surface area contributed by atoms with Gasteiger partial charge in [0.15, 0.2) is 0 Å². The highest BCUT2D eigenvalue weighted by molar-refractivity contribution is 7.99. The van der Waals surface area contributed by atoms with E-state index in [2.05, 4.69) is 0 Å². The molecule has 1 unspecified atom stereocenters. The Morgan fingerprint density at radius 1 is 1.71 bits per heavy atom. The molecule has 1 saturated heterocycles. The van der Waals surface area contributed by atoms with E-state index < -0.39 is 12.0 Å². The smallest absolute Gasteiger partial charge is 0.327 e. The van der Waals surface area contributed by atoms with Crippen LogP contribution >= 0.6 is 11.8 Å². The first-order valence-electron chi connectivity index (χ1n) is 5.20. The summed E-state index contributed by atoms with van der Waals surface area (Å²) in [7, 11) is 1.59. The number of aliphatic carboxylic acids is 1. The maximum atomic E-state index is 12.0. The van der Waals surface area contributed by atoms with E-state index in [1.807, 2.05) is 6.07 Å². The van der Waals surface area contributed by atoms with Gasteiger partial charge < -0.3 is 14.9 Å². The molecule has 7 heteroatoms. The summed E-state index contributed by atoms with van der Waals surface area (Å²) >= 11 is 1.42. The van der Waals surface area contributed by atoms with Crippen LogP contribution in [0.4, 0.5) is 4.79 Å². The van der Waals surface area contributed by atoms with Crippen LogP contribution < -0.4 is 0 Å². The molecule has 1 rings (SSSR count). The fourth-order valence-corrected chi connectivity index (χ4v) is 2.63. The van der Waals surface area contributed by atoms with Crippen molar-refractivity contribution in [3.63, 3.8) is 0 Å². The van der Waals surface area contributed by atoms with Crippen LogP contribution in [0, 0.1) is 11.3 Å². The summed E-state index contributed by atoms with van der Waals surface area (Å²) in [6.45, 7) is 1.76. The average molecular weight is 257 g/mol. The molecular weight excluding hydrogens is 242 g/mol. The number of hydrogen-bond donors (Lipinski definition) is 1. The third-order valence-corrected chi connectivity index (χ3v) is 3.77. The predicted molar refractivity (Wildman–Crippen MR) is 63.4 cm³/mol. The van der Waals surface area contributed by atoms with Crippen molar-refractivity contribution in [2.45, 2.75) is 25.4 Å². The third-order valence-electron chi connectivity index (χ3n) is 2.76. The Bertz CT molecular complexity index is 355. The van der Waals surface area contributed by atoms with E-state index in [-0.39, 0.29) is 18.5 Å². The number of nitriles is 1. The molecule has 17 heavy (non-hydrogen) atoms. The number of hydrogen-bond acceptors (Lipinski definition) is 4. The van der Waals surface area contributed by atoms with Gasteiger partial charge in [0.05, 0.1) is 18.4 Å². The van der Waals surface area contributed by atoms with Gasteiger partial charge >= 0.3 is 12.0 Å². The molecule has 1 aliphatic rings. The van der Waals surface area contributed by atoms with Crippen LogP contribution in [0.15, 0.2) is 0 Å². The number of nitrogens with zero attached hydrogens (tertiary/aromatic N) is 3. The lowest BCUT2D eigenvalue weighted by molar-refractivity contribution is -0.140. The lowest BCUT2D eigenvalue weighted by Gasteiger charge is -2.30. The second kappa shape index (κ2) is 5.77. The van der Waals surface area contributed by atoms with E-state index in [4.69, 9.17) is 10.4 Å². The van der Waals surface area contributed by atoms with Crippen LogP contribution in [-0.4, -0.2) is 57.7 Å². The van der Waals surface area contributed by atoms with E-state index in [9.17, 15) is 9.59 Å². The van der Waals surface area contributed by atoms with Crippen LogP contribution in [0.5, 0.6) is 0 Å². The largest absolute Gasteiger partial charge is 0.480 e. The Labute approximate surface area is 104 Å². The molecule has 0 spiro atoms. The van der Waals surface area contributed by atoms with E-state index >= 15 is 0 Å². The van der Waals surface area contributed by atoms with Gasteiger partial charge in [-0.1, -0.05) is 0 Å². The van der Waals surface area contributed by atoms with Gasteiger partial charge in [0.25, 0.3) is 0 Å². The summed E-state index contributed by atoms with van der Waals surface area (Å²) < 4.78 is 0. The van der Waals surface area contributed by atoms with Gasteiger partial charge in [-0.25, -0.2) is 9.59 Å². The van der Waals surface area contributed by atoms with Gasteiger partial charge in [-0.2, -0.15) is 5.26 Å². The minimum Gasteiger partial charge on any atom is -0.480 e. The zero-order valence-electron chi connectivity index (χ0n) is 9.79. The van der Waals surface area contributed by atoms with Crippen LogP contribution in [-0.2, 0) is 4.79 Å². The zero-order valence-corrected chi connectivity index (χ0v) is 10.6. The number of carboxylic acids is 1. The topological polar surface area (TPSA) is 84.6 Å². The first-order chi connectivity index (χ1) is 7.99. The summed E-state index contributed by atoms with van der Waals surface area (Å²) in [6, 6.07) is 0.690. The molecular formula is C10H15N3O3S. The molecule has 2 amide bonds. The van der Waals surface area contributed by atoms with E-state index in [0.29, 0.717) is 11.6 Å². The number of carbonyl (C=O) groups excluding carboxylic acids is 1. The molecule has 0 aromatic rings. The number of rotatable bonds is 3. The summed E-state index contributed by atoms with van der Waals surface area (Å²) in [5, 5.41) is 17.6. The fourth-order valence-electron chi connectivity index (χ4n) is 1.50. The SMILES string of the molecule is CC(CC#N)N(C)C(=O)N1CSC[C@H]1C(=O)O. The molecule has 1 aliphatic heterocycles. The lowest BCUT2D eigenvalue weighted by Crippen LogP contribution is -2.49. The molecule has 1 N–H and O–H groups in total. The Hall–Kier alpha value is -1.42. The highest BCUT2D eigenvalue weighted by atomic mass is 32.2. The molecule has 94 valence electrons. The molecule has 1 fully saturated rings. The van der Waals surface area contributed by atoms with Gasteiger partial charge in [0.2, 0.25) is 0 Å². The van der Waals surface area contributed by atoms with Gasteiger partial charge in [0, 0.05) is 18.8 Å². The first kappa shape index (κ1) is 13.6. The minimum absolute atomic E-state index is 0.215. The Morgan fingerprint density at radius 2 is 2.35 bits per heavy atom. The summed E-state index contributed by atoms with van der Waals surface area (Å²) in [4.78, 5) is 25.8. The number of amides is 2. The lowest BCUT2D eigenvalue weighted by atomic mass is 10.2. The Kier molecular flexibility index (Phi) is 4.63. The summed E-state index contributed by atoms with van der Waals surface area (Å²) in [6.07, 6.45) is 0.237. The molecule has 0 radical (unpaired) electrons. The van der Waals surface area contributed by atoms with Crippen molar-refractivity contribution in [1.82, 2.24) is 9.80 Å². The van der Waals surface area contributed by atoms with Crippen LogP contribution in [0.2, 0.25) is 0 Å². The van der Waals surface area contributed by atoms with Gasteiger partial charge in [0.1, 0.15) is 6.04 Å². The van der Waals surface area contributed by atoms with Crippen molar-refractivity contribution < 1.29 is 14.7 Å². The maximum absolute atomic E-state index is 12.0. The van der Waals surface area contributed by atoms with Gasteiger partial charge in [-0.15, -0.1) is 11.8 Å². The number of urea groups is 1. The highest BCUT2D eigenvalue weighted by Crippen LogP contribution is 2.22. The third kappa shape index (κ3) is 3.03. The number of carbonyl (C=O) groups is 2. The first-order valence-corrected chi connectivity index (χ1v) is 6.35. The standard InChI is InChI=1S/C10H15N3O3S/c1-7(3-4-11)12(2)10(16)13-6-17-5-8(13)9(14)15/h7-8H,3,5-6H2,1-2H3,(H,14,15)/t7?,8-/m0/s1. The fraction of sp³-hybridized carbons (Fsp3) is 0.700. The Balaban J connectivity index is 2.69. The Morgan fingerprint density at radius 3 is 2.88 bits per heavy atom. The van der Waals surface area contributed by atoms with E-state index in [0.717, 1.165) is 0 Å². The number of carboxylic acid groups (broad SMARTS) is 1. The second-order valence-electron chi connectivity index (χ2n) is 3.93.